The van der Waals surface area contributed by atoms with Crippen molar-refractivity contribution in [1.82, 2.24) is 0 Å². The zero-order valence-corrected chi connectivity index (χ0v) is 9.80. The lowest BCUT2D eigenvalue weighted by molar-refractivity contribution is 0.463. The number of alkyl halides is 1. The largest absolute Gasteiger partial charge is 0.165 e. The van der Waals surface area contributed by atoms with Crippen molar-refractivity contribution >= 4 is 27.7 Å². The summed E-state index contributed by atoms with van der Waals surface area (Å²) in [6.07, 6.45) is 7.93. The van der Waals surface area contributed by atoms with Crippen LogP contribution >= 0.6 is 27.7 Å². The second-order valence-corrected chi connectivity index (χ2v) is 5.93. The van der Waals surface area contributed by atoms with E-state index in [0.29, 0.717) is 5.41 Å². The van der Waals surface area contributed by atoms with Crippen LogP contribution in [0.25, 0.3) is 0 Å². The first-order chi connectivity index (χ1) is 5.21. The molecule has 66 valence electrons. The molecule has 0 radical (unpaired) electrons. The van der Waals surface area contributed by atoms with Gasteiger partial charge in [0.25, 0.3) is 0 Å². The molecule has 0 aliphatic heterocycles. The maximum absolute atomic E-state index is 3.70. The van der Waals surface area contributed by atoms with Crippen molar-refractivity contribution < 1.29 is 0 Å². The molecule has 11 heavy (non-hydrogen) atoms. The van der Waals surface area contributed by atoms with E-state index in [1.54, 1.807) is 0 Å². The van der Waals surface area contributed by atoms with Gasteiger partial charge in [-0.1, -0.05) is 22.9 Å². The van der Waals surface area contributed by atoms with Crippen LogP contribution in [0.1, 0.15) is 32.6 Å². The normalized spacial score (nSPS) is 23.2. The monoisotopic (exact) mass is 236 g/mol. The Morgan fingerprint density at radius 2 is 2.18 bits per heavy atom. The summed E-state index contributed by atoms with van der Waals surface area (Å²) >= 11 is 5.67. The Morgan fingerprint density at radius 1 is 1.55 bits per heavy atom. The summed E-state index contributed by atoms with van der Waals surface area (Å²) in [6, 6.07) is 0. The lowest BCUT2D eigenvalue weighted by atomic mass is 9.98. The summed E-state index contributed by atoms with van der Waals surface area (Å²) in [5.74, 6) is 1.33. The predicted octanol–water partition coefficient (Wildman–Crippen LogP) is 3.69. The van der Waals surface area contributed by atoms with Crippen LogP contribution in [-0.2, 0) is 0 Å². The highest BCUT2D eigenvalue weighted by Crippen LogP contribution is 2.54. The minimum atomic E-state index is 0.704. The average molecular weight is 237 g/mol. The molecule has 1 saturated carbocycles. The van der Waals surface area contributed by atoms with Gasteiger partial charge in [-0.15, -0.1) is 0 Å². The molecule has 0 N–H and O–H groups in total. The standard InChI is InChI=1S/C9H17BrS/c1-8(10)9(5-6-9)4-3-7-11-2/h8H,3-7H2,1-2H3. The molecule has 0 spiro atoms. The van der Waals surface area contributed by atoms with Gasteiger partial charge in [0.2, 0.25) is 0 Å². The van der Waals surface area contributed by atoms with Gasteiger partial charge in [0.1, 0.15) is 0 Å². The first-order valence-corrected chi connectivity index (χ1v) is 6.65. The van der Waals surface area contributed by atoms with Crippen molar-refractivity contribution in [3.63, 3.8) is 0 Å². The summed E-state index contributed by atoms with van der Waals surface area (Å²) in [7, 11) is 0. The first-order valence-electron chi connectivity index (χ1n) is 4.34. The maximum Gasteiger partial charge on any atom is 0.0173 e. The van der Waals surface area contributed by atoms with Gasteiger partial charge >= 0.3 is 0 Å². The summed E-state index contributed by atoms with van der Waals surface area (Å²) < 4.78 is 0. The van der Waals surface area contributed by atoms with Crippen LogP contribution in [0, 0.1) is 5.41 Å². The third-order valence-corrected chi connectivity index (χ3v) is 4.43. The fourth-order valence-electron chi connectivity index (χ4n) is 1.58. The lowest BCUT2D eigenvalue weighted by Gasteiger charge is -2.17. The van der Waals surface area contributed by atoms with Crippen molar-refractivity contribution in [3.05, 3.63) is 0 Å². The van der Waals surface area contributed by atoms with E-state index >= 15 is 0 Å². The predicted molar refractivity (Wildman–Crippen MR) is 57.7 cm³/mol. The Bertz CT molecular complexity index is 119. The topological polar surface area (TPSA) is 0 Å². The number of rotatable bonds is 5. The highest BCUT2D eigenvalue weighted by atomic mass is 79.9. The fourth-order valence-corrected chi connectivity index (χ4v) is 2.70. The van der Waals surface area contributed by atoms with E-state index in [0.717, 1.165) is 4.83 Å². The van der Waals surface area contributed by atoms with Crippen LogP contribution in [0.15, 0.2) is 0 Å². The van der Waals surface area contributed by atoms with Crippen LogP contribution in [-0.4, -0.2) is 16.8 Å². The second kappa shape index (κ2) is 4.18. The van der Waals surface area contributed by atoms with Gasteiger partial charge in [-0.05, 0) is 43.1 Å². The maximum atomic E-state index is 3.70. The molecule has 0 aromatic rings. The molecule has 0 saturated heterocycles. The molecule has 0 bridgehead atoms. The van der Waals surface area contributed by atoms with Crippen molar-refractivity contribution in [3.8, 4) is 0 Å². The molecule has 0 amide bonds. The van der Waals surface area contributed by atoms with Gasteiger partial charge in [0.15, 0.2) is 0 Å². The molecule has 1 rings (SSSR count). The molecule has 0 heterocycles. The van der Waals surface area contributed by atoms with E-state index in [1.807, 2.05) is 11.8 Å². The molecule has 1 aliphatic carbocycles. The molecule has 1 atom stereocenters. The Balaban J connectivity index is 2.14. The minimum Gasteiger partial charge on any atom is -0.165 e. The van der Waals surface area contributed by atoms with Gasteiger partial charge < -0.3 is 0 Å². The molecule has 1 fully saturated rings. The zero-order valence-electron chi connectivity index (χ0n) is 7.40. The first kappa shape index (κ1) is 9.91. The highest BCUT2D eigenvalue weighted by molar-refractivity contribution is 9.09. The number of halogens is 1. The molecule has 0 aromatic carbocycles. The van der Waals surface area contributed by atoms with Crippen LogP contribution in [0.5, 0.6) is 0 Å². The Kier molecular flexibility index (Phi) is 3.76. The highest BCUT2D eigenvalue weighted by Gasteiger charge is 2.45. The Morgan fingerprint density at radius 3 is 2.55 bits per heavy atom. The van der Waals surface area contributed by atoms with E-state index in [9.17, 15) is 0 Å². The van der Waals surface area contributed by atoms with Gasteiger partial charge in [-0.2, -0.15) is 11.8 Å². The van der Waals surface area contributed by atoms with Gasteiger partial charge in [-0.3, -0.25) is 0 Å². The number of hydrogen-bond donors (Lipinski definition) is 0. The third kappa shape index (κ3) is 2.66. The van der Waals surface area contributed by atoms with Crippen molar-refractivity contribution in [1.29, 1.82) is 0 Å². The summed E-state index contributed by atoms with van der Waals surface area (Å²) in [5.41, 5.74) is 0.704. The molecular weight excluding hydrogens is 220 g/mol. The molecule has 2 heteroatoms. The van der Waals surface area contributed by atoms with E-state index in [1.165, 1.54) is 31.4 Å². The second-order valence-electron chi connectivity index (χ2n) is 3.57. The van der Waals surface area contributed by atoms with Crippen LogP contribution in [0.2, 0.25) is 0 Å². The van der Waals surface area contributed by atoms with Gasteiger partial charge in [0.05, 0.1) is 0 Å². The molecule has 1 unspecified atom stereocenters. The molecule has 1 aliphatic rings. The molecule has 0 aromatic heterocycles. The number of hydrogen-bond acceptors (Lipinski definition) is 1. The average Bonchev–Trinajstić information content (AvgIpc) is 2.70. The third-order valence-electron chi connectivity index (χ3n) is 2.76. The molecular formula is C9H17BrS. The smallest absolute Gasteiger partial charge is 0.0173 e. The Labute approximate surface area is 82.6 Å². The lowest BCUT2D eigenvalue weighted by Crippen LogP contribution is -2.11. The van der Waals surface area contributed by atoms with E-state index in [-0.39, 0.29) is 0 Å². The van der Waals surface area contributed by atoms with E-state index in [2.05, 4.69) is 29.1 Å². The van der Waals surface area contributed by atoms with Gasteiger partial charge in [0, 0.05) is 4.83 Å². The van der Waals surface area contributed by atoms with E-state index in [4.69, 9.17) is 0 Å². The zero-order chi connectivity index (χ0) is 8.32. The van der Waals surface area contributed by atoms with Crippen molar-refractivity contribution in [2.45, 2.75) is 37.4 Å². The van der Waals surface area contributed by atoms with Crippen LogP contribution in [0.3, 0.4) is 0 Å². The fraction of sp³-hybridized carbons (Fsp3) is 1.00. The van der Waals surface area contributed by atoms with Crippen LogP contribution < -0.4 is 0 Å². The van der Waals surface area contributed by atoms with E-state index < -0.39 is 0 Å². The summed E-state index contributed by atoms with van der Waals surface area (Å²) in [6.45, 7) is 2.30. The SMILES string of the molecule is CSCCCC1(C(C)Br)CC1. The van der Waals surface area contributed by atoms with Gasteiger partial charge in [-0.25, -0.2) is 0 Å². The quantitative estimate of drug-likeness (QED) is 0.519. The number of thioether (sulfide) groups is 1. The van der Waals surface area contributed by atoms with Crippen molar-refractivity contribution in [2.75, 3.05) is 12.0 Å². The van der Waals surface area contributed by atoms with Crippen molar-refractivity contribution in [2.24, 2.45) is 5.41 Å². The summed E-state index contributed by atoms with van der Waals surface area (Å²) in [4.78, 5) is 0.733. The Hall–Kier alpha value is 0.830. The molecule has 0 nitrogen and oxygen atoms in total. The minimum absolute atomic E-state index is 0.704. The summed E-state index contributed by atoms with van der Waals surface area (Å²) in [5, 5.41) is 0. The van der Waals surface area contributed by atoms with Crippen LogP contribution in [0.4, 0.5) is 0 Å².